The molecule has 1 unspecified atom stereocenters. The fourth-order valence-corrected chi connectivity index (χ4v) is 3.87. The van der Waals surface area contributed by atoms with Crippen molar-refractivity contribution in [1.82, 2.24) is 0 Å². The molecule has 1 aromatic carbocycles. The zero-order valence-electron chi connectivity index (χ0n) is 11.3. The standard InChI is InChI=1S/C14H16F3S.ClH/c1-9-7-10-5-6-11(13(2,3)4)8-12(10)18(9)14(15,16)17;/h5-8H,1-4H3;1H/q+1;. The number of rotatable bonds is 0. The molecule has 0 saturated heterocycles. The summed E-state index contributed by atoms with van der Waals surface area (Å²) in [5.74, 6) is 0. The lowest BCUT2D eigenvalue weighted by Gasteiger charge is -2.18. The van der Waals surface area contributed by atoms with E-state index in [2.05, 4.69) is 0 Å². The third kappa shape index (κ3) is 3.06. The third-order valence-electron chi connectivity index (χ3n) is 3.01. The Kier molecular flexibility index (Phi) is 4.28. The Morgan fingerprint density at radius 3 is 2.05 bits per heavy atom. The number of alkyl halides is 3. The maximum Gasteiger partial charge on any atom is 0.600 e. The highest BCUT2D eigenvalue weighted by Gasteiger charge is 2.47. The molecule has 0 nitrogen and oxygen atoms in total. The van der Waals surface area contributed by atoms with Gasteiger partial charge < -0.3 is 0 Å². The van der Waals surface area contributed by atoms with Crippen LogP contribution in [0.1, 0.15) is 31.2 Å². The smallest absolute Gasteiger partial charge is 0.147 e. The Bertz CT molecular complexity index is 591. The van der Waals surface area contributed by atoms with Crippen LogP contribution in [-0.4, -0.2) is 0 Å². The van der Waals surface area contributed by atoms with Crippen LogP contribution in [0.4, 0.5) is 13.2 Å². The van der Waals surface area contributed by atoms with E-state index in [4.69, 9.17) is 0 Å². The predicted molar refractivity (Wildman–Crippen MR) is 78.4 cm³/mol. The van der Waals surface area contributed by atoms with Gasteiger partial charge in [-0.2, -0.15) is 0 Å². The summed E-state index contributed by atoms with van der Waals surface area (Å²) in [6.07, 6.45) is 0. The molecular weight excluding hydrogens is 293 g/mol. The van der Waals surface area contributed by atoms with Gasteiger partial charge in [-0.05, 0) is 17.0 Å². The predicted octanol–water partition coefficient (Wildman–Crippen LogP) is 6.09. The van der Waals surface area contributed by atoms with Crippen LogP contribution in [0.2, 0.25) is 0 Å². The van der Waals surface area contributed by atoms with Crippen LogP contribution in [0.5, 0.6) is 0 Å². The highest BCUT2D eigenvalue weighted by Crippen LogP contribution is 2.51. The van der Waals surface area contributed by atoms with Gasteiger partial charge in [-0.3, -0.25) is 0 Å². The van der Waals surface area contributed by atoms with E-state index in [1.165, 1.54) is 0 Å². The first kappa shape index (κ1) is 16.3. The van der Waals surface area contributed by atoms with E-state index in [1.807, 2.05) is 26.8 Å². The van der Waals surface area contributed by atoms with Crippen LogP contribution in [-0.2, 0) is 10.9 Å². The van der Waals surface area contributed by atoms with Crippen LogP contribution < -0.4 is 0 Å². The molecule has 0 N–H and O–H groups in total. The molecular formula is C14H17ClF3S+. The second kappa shape index (κ2) is 4.98. The van der Waals surface area contributed by atoms with Gasteiger partial charge >= 0.3 is 5.51 Å². The molecule has 0 bridgehead atoms. The van der Waals surface area contributed by atoms with E-state index in [1.54, 1.807) is 25.1 Å². The van der Waals surface area contributed by atoms with Crippen molar-refractivity contribution >= 4 is 33.0 Å². The minimum absolute atomic E-state index is 0. The lowest BCUT2D eigenvalue weighted by Crippen LogP contribution is -2.10. The van der Waals surface area contributed by atoms with Crippen molar-refractivity contribution in [2.45, 2.75) is 38.6 Å². The Hall–Kier alpha value is -0.740. The normalized spacial score (nSPS) is 13.5. The highest BCUT2D eigenvalue weighted by atomic mass is 35.5. The first-order valence-corrected chi connectivity index (χ1v) is 6.97. The average molecular weight is 310 g/mol. The maximum absolute atomic E-state index is 13.1. The van der Waals surface area contributed by atoms with Gasteiger partial charge in [0, 0.05) is 24.4 Å². The fourth-order valence-electron chi connectivity index (χ4n) is 2.06. The topological polar surface area (TPSA) is 0 Å². The number of benzene rings is 1. The second-order valence-corrected chi connectivity index (χ2v) is 7.67. The first-order valence-electron chi connectivity index (χ1n) is 5.74. The fraction of sp³-hybridized carbons (Fsp3) is 0.429. The minimum atomic E-state index is -4.18. The Balaban J connectivity index is 0.00000180. The van der Waals surface area contributed by atoms with Crippen LogP contribution in [0, 0.1) is 6.92 Å². The molecule has 0 radical (unpaired) electrons. The lowest BCUT2D eigenvalue weighted by atomic mass is 9.87. The van der Waals surface area contributed by atoms with Crippen molar-refractivity contribution in [1.29, 1.82) is 0 Å². The Morgan fingerprint density at radius 1 is 1.00 bits per heavy atom. The quantitative estimate of drug-likeness (QED) is 0.516. The largest absolute Gasteiger partial charge is 0.600 e. The molecule has 0 spiro atoms. The number of fused-ring (bicyclic) bond motifs is 1. The molecule has 19 heavy (non-hydrogen) atoms. The first-order chi connectivity index (χ1) is 8.10. The van der Waals surface area contributed by atoms with Crippen LogP contribution in [0.25, 0.3) is 10.1 Å². The van der Waals surface area contributed by atoms with E-state index in [-0.39, 0.29) is 17.8 Å². The van der Waals surface area contributed by atoms with Crippen molar-refractivity contribution in [2.24, 2.45) is 0 Å². The van der Waals surface area contributed by atoms with Crippen molar-refractivity contribution < 1.29 is 13.2 Å². The maximum atomic E-state index is 13.1. The van der Waals surface area contributed by atoms with Crippen molar-refractivity contribution in [2.75, 3.05) is 0 Å². The van der Waals surface area contributed by atoms with Gasteiger partial charge in [0.05, 0.1) is 10.5 Å². The van der Waals surface area contributed by atoms with Crippen LogP contribution in [0.3, 0.4) is 0 Å². The molecule has 1 heterocycles. The molecule has 1 atom stereocenters. The molecule has 106 valence electrons. The van der Waals surface area contributed by atoms with Gasteiger partial charge in [-0.1, -0.05) is 26.8 Å². The van der Waals surface area contributed by atoms with E-state index in [0.29, 0.717) is 15.0 Å². The number of aryl methyl sites for hydroxylation is 1. The summed E-state index contributed by atoms with van der Waals surface area (Å²) < 4.78 is 39.7. The number of halogens is 4. The van der Waals surface area contributed by atoms with Crippen LogP contribution >= 0.6 is 22.9 Å². The molecule has 0 aliphatic heterocycles. The second-order valence-electron chi connectivity index (χ2n) is 5.51. The molecule has 0 fully saturated rings. The number of hydrogen-bond acceptors (Lipinski definition) is 0. The summed E-state index contributed by atoms with van der Waals surface area (Å²) in [6.45, 7) is 7.59. The van der Waals surface area contributed by atoms with E-state index in [9.17, 15) is 13.2 Å². The van der Waals surface area contributed by atoms with E-state index >= 15 is 0 Å². The van der Waals surface area contributed by atoms with Gasteiger partial charge in [-0.15, -0.1) is 25.6 Å². The third-order valence-corrected chi connectivity index (χ3v) is 5.03. The van der Waals surface area contributed by atoms with Crippen molar-refractivity contribution in [3.63, 3.8) is 0 Å². The summed E-state index contributed by atoms with van der Waals surface area (Å²) >= 11 is 0. The highest BCUT2D eigenvalue weighted by molar-refractivity contribution is 7.38. The summed E-state index contributed by atoms with van der Waals surface area (Å²) in [6, 6.07) is 7.10. The van der Waals surface area contributed by atoms with Crippen molar-refractivity contribution in [3.8, 4) is 0 Å². The van der Waals surface area contributed by atoms with Gasteiger partial charge in [0.2, 0.25) is 0 Å². The monoisotopic (exact) mass is 309 g/mol. The minimum Gasteiger partial charge on any atom is -0.147 e. The molecule has 0 amide bonds. The van der Waals surface area contributed by atoms with Gasteiger partial charge in [0.25, 0.3) is 0 Å². The average Bonchev–Trinajstić information content (AvgIpc) is 2.49. The summed E-state index contributed by atoms with van der Waals surface area (Å²) in [7, 11) is -1.75. The Morgan fingerprint density at radius 2 is 1.58 bits per heavy atom. The SMILES string of the molecule is Cc1cc2ccc(C(C)(C)C)cc2[s+]1C(F)(F)F.Cl. The molecule has 1 aromatic heterocycles. The van der Waals surface area contributed by atoms with Crippen LogP contribution in [0.15, 0.2) is 24.3 Å². The lowest BCUT2D eigenvalue weighted by molar-refractivity contribution is -0.0867. The summed E-state index contributed by atoms with van der Waals surface area (Å²) in [5, 5.41) is 0.709. The molecule has 0 saturated carbocycles. The summed E-state index contributed by atoms with van der Waals surface area (Å²) in [5.41, 5.74) is -3.36. The zero-order chi connectivity index (χ0) is 13.7. The number of hydrogen-bond donors (Lipinski definition) is 0. The number of thiophene rings is 1. The van der Waals surface area contributed by atoms with E-state index < -0.39 is 16.0 Å². The molecule has 0 aliphatic carbocycles. The van der Waals surface area contributed by atoms with Gasteiger partial charge in [0.1, 0.15) is 0 Å². The zero-order valence-corrected chi connectivity index (χ0v) is 12.9. The van der Waals surface area contributed by atoms with Gasteiger partial charge in [0.15, 0.2) is 9.58 Å². The Labute approximate surface area is 120 Å². The van der Waals surface area contributed by atoms with Crippen molar-refractivity contribution in [3.05, 3.63) is 34.7 Å². The molecule has 2 rings (SSSR count). The molecule has 2 aromatic rings. The molecule has 0 aliphatic rings. The van der Waals surface area contributed by atoms with Gasteiger partial charge in [-0.25, -0.2) is 0 Å². The van der Waals surface area contributed by atoms with E-state index in [0.717, 1.165) is 5.56 Å². The molecule has 5 heteroatoms. The summed E-state index contributed by atoms with van der Waals surface area (Å²) in [4.78, 5) is 0.406.